The zero-order chi connectivity index (χ0) is 9.14. The first-order chi connectivity index (χ1) is 5.70. The van der Waals surface area contributed by atoms with Crippen LogP contribution in [0, 0.1) is 11.6 Å². The summed E-state index contributed by atoms with van der Waals surface area (Å²) in [6.45, 7) is 0. The van der Waals surface area contributed by atoms with E-state index in [1.165, 1.54) is 6.07 Å². The zero-order valence-corrected chi connectivity index (χ0v) is 6.91. The molecular formula is C8H10F2N2. The van der Waals surface area contributed by atoms with Crippen molar-refractivity contribution in [2.75, 3.05) is 24.7 Å². The van der Waals surface area contributed by atoms with E-state index < -0.39 is 11.6 Å². The number of nitrogens with one attached hydrogen (secondary N) is 2. The van der Waals surface area contributed by atoms with Gasteiger partial charge in [0.2, 0.25) is 0 Å². The van der Waals surface area contributed by atoms with E-state index in [1.807, 2.05) is 0 Å². The summed E-state index contributed by atoms with van der Waals surface area (Å²) in [4.78, 5) is 0. The number of hydrogen-bond acceptors (Lipinski definition) is 2. The van der Waals surface area contributed by atoms with E-state index in [4.69, 9.17) is 0 Å². The number of halogens is 2. The molecule has 2 N–H and O–H groups in total. The Kier molecular flexibility index (Phi) is 2.47. The largest absolute Gasteiger partial charge is 0.386 e. The van der Waals surface area contributed by atoms with Gasteiger partial charge < -0.3 is 10.6 Å². The van der Waals surface area contributed by atoms with Crippen molar-refractivity contribution >= 4 is 11.4 Å². The molecule has 1 rings (SSSR count). The minimum Gasteiger partial charge on any atom is -0.386 e. The number of rotatable bonds is 2. The van der Waals surface area contributed by atoms with E-state index in [-0.39, 0.29) is 5.69 Å². The van der Waals surface area contributed by atoms with Crippen LogP contribution in [0.5, 0.6) is 0 Å². The van der Waals surface area contributed by atoms with Gasteiger partial charge in [-0.2, -0.15) is 0 Å². The maximum absolute atomic E-state index is 13.0. The summed E-state index contributed by atoms with van der Waals surface area (Å²) in [5.41, 5.74) is 0.689. The van der Waals surface area contributed by atoms with Crippen molar-refractivity contribution < 1.29 is 8.78 Å². The van der Waals surface area contributed by atoms with Crippen LogP contribution in [0.4, 0.5) is 20.2 Å². The average Bonchev–Trinajstić information content (AvgIpc) is 2.09. The lowest BCUT2D eigenvalue weighted by atomic mass is 10.2. The average molecular weight is 172 g/mol. The Bertz CT molecular complexity index is 287. The van der Waals surface area contributed by atoms with Gasteiger partial charge in [-0.15, -0.1) is 0 Å². The Morgan fingerprint density at radius 2 is 1.75 bits per heavy atom. The van der Waals surface area contributed by atoms with Crippen molar-refractivity contribution in [3.05, 3.63) is 23.8 Å². The van der Waals surface area contributed by atoms with Gasteiger partial charge in [-0.1, -0.05) is 0 Å². The Morgan fingerprint density at radius 1 is 1.08 bits per heavy atom. The first-order valence-electron chi connectivity index (χ1n) is 3.54. The smallest absolute Gasteiger partial charge is 0.183 e. The van der Waals surface area contributed by atoms with Gasteiger partial charge in [-0.05, 0) is 12.1 Å². The molecule has 1 aromatic carbocycles. The molecule has 0 spiro atoms. The van der Waals surface area contributed by atoms with Crippen LogP contribution in [0.15, 0.2) is 12.1 Å². The second-order valence-corrected chi connectivity index (χ2v) is 2.28. The highest BCUT2D eigenvalue weighted by atomic mass is 19.2. The molecule has 66 valence electrons. The predicted octanol–water partition coefficient (Wildman–Crippen LogP) is 2.05. The van der Waals surface area contributed by atoms with Crippen LogP contribution in [0.2, 0.25) is 0 Å². The molecule has 0 atom stereocenters. The highest BCUT2D eigenvalue weighted by Crippen LogP contribution is 2.25. The fourth-order valence-corrected chi connectivity index (χ4v) is 1.00. The molecule has 0 aliphatic heterocycles. The molecule has 0 heterocycles. The topological polar surface area (TPSA) is 24.1 Å². The molecule has 0 saturated carbocycles. The second-order valence-electron chi connectivity index (χ2n) is 2.28. The minimum absolute atomic E-state index is 0.150. The molecule has 0 fully saturated rings. The maximum Gasteiger partial charge on any atom is 0.183 e. The summed E-state index contributed by atoms with van der Waals surface area (Å²) in [6.07, 6.45) is 0. The van der Waals surface area contributed by atoms with Gasteiger partial charge in [0.05, 0.1) is 11.4 Å². The first-order valence-corrected chi connectivity index (χ1v) is 3.54. The van der Waals surface area contributed by atoms with Crippen LogP contribution in [-0.2, 0) is 0 Å². The van der Waals surface area contributed by atoms with Crippen molar-refractivity contribution in [3.63, 3.8) is 0 Å². The molecule has 12 heavy (non-hydrogen) atoms. The lowest BCUT2D eigenvalue weighted by Crippen LogP contribution is -2.01. The third kappa shape index (κ3) is 1.32. The van der Waals surface area contributed by atoms with Gasteiger partial charge in [0, 0.05) is 14.1 Å². The standard InChI is InChI=1S/C8H10F2N2/c1-11-6-4-3-5(9)7(10)8(6)12-2/h3-4,11-12H,1-2H3. The van der Waals surface area contributed by atoms with Gasteiger partial charge in [0.1, 0.15) is 0 Å². The molecule has 0 amide bonds. The van der Waals surface area contributed by atoms with Crippen molar-refractivity contribution in [2.24, 2.45) is 0 Å². The SMILES string of the molecule is CNc1ccc(F)c(F)c1NC. The molecule has 0 aliphatic carbocycles. The molecule has 0 saturated heterocycles. The minimum atomic E-state index is -0.857. The Balaban J connectivity index is 3.25. The van der Waals surface area contributed by atoms with Crippen LogP contribution >= 0.6 is 0 Å². The summed E-state index contributed by atoms with van der Waals surface area (Å²) in [5.74, 6) is -1.71. The monoisotopic (exact) mass is 172 g/mol. The van der Waals surface area contributed by atoms with Crippen molar-refractivity contribution in [1.82, 2.24) is 0 Å². The number of benzene rings is 1. The summed E-state index contributed by atoms with van der Waals surface area (Å²) in [7, 11) is 3.19. The van der Waals surface area contributed by atoms with Gasteiger partial charge in [-0.25, -0.2) is 8.78 Å². The fraction of sp³-hybridized carbons (Fsp3) is 0.250. The molecule has 2 nitrogen and oxygen atoms in total. The molecule has 0 unspecified atom stereocenters. The maximum atomic E-state index is 13.0. The summed E-state index contributed by atoms with van der Waals surface area (Å²) in [5, 5.41) is 5.32. The van der Waals surface area contributed by atoms with Crippen molar-refractivity contribution in [2.45, 2.75) is 0 Å². The van der Waals surface area contributed by atoms with Crippen LogP contribution in [0.3, 0.4) is 0 Å². The summed E-state index contributed by atoms with van der Waals surface area (Å²) in [6, 6.07) is 2.56. The first kappa shape index (κ1) is 8.77. The Hall–Kier alpha value is -1.32. The highest BCUT2D eigenvalue weighted by molar-refractivity contribution is 5.68. The van der Waals surface area contributed by atoms with Crippen molar-refractivity contribution in [1.29, 1.82) is 0 Å². The lowest BCUT2D eigenvalue weighted by Gasteiger charge is -2.09. The van der Waals surface area contributed by atoms with Gasteiger partial charge >= 0.3 is 0 Å². The lowest BCUT2D eigenvalue weighted by molar-refractivity contribution is 0.512. The number of hydrogen-bond donors (Lipinski definition) is 2. The van der Waals surface area contributed by atoms with Gasteiger partial charge in [0.15, 0.2) is 11.6 Å². The van der Waals surface area contributed by atoms with Gasteiger partial charge in [0.25, 0.3) is 0 Å². The predicted molar refractivity (Wildman–Crippen MR) is 45.5 cm³/mol. The zero-order valence-electron chi connectivity index (χ0n) is 6.91. The fourth-order valence-electron chi connectivity index (χ4n) is 1.00. The van der Waals surface area contributed by atoms with Crippen LogP contribution < -0.4 is 10.6 Å². The molecule has 4 heteroatoms. The number of anilines is 2. The highest BCUT2D eigenvalue weighted by Gasteiger charge is 2.10. The van der Waals surface area contributed by atoms with E-state index in [9.17, 15) is 8.78 Å². The quantitative estimate of drug-likeness (QED) is 0.713. The van der Waals surface area contributed by atoms with Gasteiger partial charge in [-0.3, -0.25) is 0 Å². The van der Waals surface area contributed by atoms with E-state index in [1.54, 1.807) is 14.1 Å². The van der Waals surface area contributed by atoms with E-state index >= 15 is 0 Å². The van der Waals surface area contributed by atoms with E-state index in [2.05, 4.69) is 10.6 Å². The molecule has 1 aromatic rings. The van der Waals surface area contributed by atoms with E-state index in [0.29, 0.717) is 5.69 Å². The summed E-state index contributed by atoms with van der Waals surface area (Å²) < 4.78 is 25.6. The van der Waals surface area contributed by atoms with Crippen LogP contribution in [0.25, 0.3) is 0 Å². The van der Waals surface area contributed by atoms with E-state index in [0.717, 1.165) is 6.07 Å². The summed E-state index contributed by atoms with van der Waals surface area (Å²) >= 11 is 0. The Morgan fingerprint density at radius 3 is 2.25 bits per heavy atom. The molecule has 0 aliphatic rings. The third-order valence-electron chi connectivity index (χ3n) is 1.61. The molecule has 0 radical (unpaired) electrons. The molecule has 0 bridgehead atoms. The molecule has 0 aromatic heterocycles. The Labute approximate surface area is 69.6 Å². The van der Waals surface area contributed by atoms with Crippen molar-refractivity contribution in [3.8, 4) is 0 Å². The molecular weight excluding hydrogens is 162 g/mol. The van der Waals surface area contributed by atoms with Crippen LogP contribution in [-0.4, -0.2) is 14.1 Å². The van der Waals surface area contributed by atoms with Crippen LogP contribution in [0.1, 0.15) is 0 Å². The third-order valence-corrected chi connectivity index (χ3v) is 1.61. The normalized spacial score (nSPS) is 9.67. The second kappa shape index (κ2) is 3.38.